The maximum absolute atomic E-state index is 5.09. The highest BCUT2D eigenvalue weighted by Gasteiger charge is 2.61. The lowest BCUT2D eigenvalue weighted by molar-refractivity contribution is 0.0850. The van der Waals surface area contributed by atoms with E-state index in [1.54, 1.807) is 0 Å². The van der Waals surface area contributed by atoms with Crippen LogP contribution in [0.4, 0.5) is 0 Å². The van der Waals surface area contributed by atoms with Gasteiger partial charge in [0.2, 0.25) is 5.91 Å². The zero-order chi connectivity index (χ0) is 10.5. The minimum atomic E-state index is -1.56. The normalized spacial score (nSPS) is 20.5. The molecule has 0 N–H and O–H groups in total. The van der Waals surface area contributed by atoms with Gasteiger partial charge in [-0.1, -0.05) is 48.1 Å². The zero-order valence-electron chi connectivity index (χ0n) is 9.89. The Morgan fingerprint density at radius 3 is 1.23 bits per heavy atom. The van der Waals surface area contributed by atoms with Crippen molar-refractivity contribution in [3.8, 4) is 0 Å². The van der Waals surface area contributed by atoms with Crippen molar-refractivity contribution in [2.24, 2.45) is 0 Å². The Labute approximate surface area is 82.6 Å². The van der Waals surface area contributed by atoms with E-state index in [1.807, 2.05) is 0 Å². The minimum absolute atomic E-state index is 0.104. The van der Waals surface area contributed by atoms with Crippen molar-refractivity contribution in [3.05, 3.63) is 0 Å². The first-order valence-corrected chi connectivity index (χ1v) is 7.50. The summed E-state index contributed by atoms with van der Waals surface area (Å²) < 4.78 is 0. The molecule has 78 valence electrons. The van der Waals surface area contributed by atoms with E-state index in [-0.39, 0.29) is 5.91 Å². The van der Waals surface area contributed by atoms with Crippen LogP contribution in [0.3, 0.4) is 0 Å². The molecule has 2 nitrogen and oxygen atoms in total. The average Bonchev–Trinajstić information content (AvgIpc) is 2.60. The van der Waals surface area contributed by atoms with Crippen molar-refractivity contribution in [3.63, 3.8) is 0 Å². The van der Waals surface area contributed by atoms with Crippen LogP contribution in [-0.2, 0) is 9.78 Å². The van der Waals surface area contributed by atoms with E-state index in [2.05, 4.69) is 48.1 Å². The van der Waals surface area contributed by atoms with Crippen molar-refractivity contribution in [1.29, 1.82) is 0 Å². The summed E-state index contributed by atoms with van der Waals surface area (Å²) in [5.74, 6) is 0.104. The van der Waals surface area contributed by atoms with E-state index in [9.17, 15) is 0 Å². The highest BCUT2D eigenvalue weighted by molar-refractivity contribution is 6.85. The van der Waals surface area contributed by atoms with Gasteiger partial charge in [0.15, 0.2) is 0 Å². The Morgan fingerprint density at radius 2 is 1.15 bits per heavy atom. The molecule has 0 aromatic rings. The molecule has 1 rings (SSSR count). The van der Waals surface area contributed by atoms with Crippen LogP contribution in [0.15, 0.2) is 0 Å². The molecule has 0 amide bonds. The second kappa shape index (κ2) is 2.81. The molecule has 0 radical (unpaired) electrons. The summed E-state index contributed by atoms with van der Waals surface area (Å²) in [5, 5.41) is 0.624. The Bertz CT molecular complexity index is 182. The molecule has 0 aromatic carbocycles. The van der Waals surface area contributed by atoms with Gasteiger partial charge in [0.1, 0.15) is 8.07 Å². The molecule has 0 saturated carbocycles. The third kappa shape index (κ3) is 1.69. The van der Waals surface area contributed by atoms with E-state index < -0.39 is 8.07 Å². The Kier molecular flexibility index (Phi) is 2.43. The smallest absolute Gasteiger partial charge is 0.203 e. The summed E-state index contributed by atoms with van der Waals surface area (Å²) in [4.78, 5) is 10.2. The standard InChI is InChI=1S/C10H22O2Si/c1-9(2,3)13(7,8-11-12-8)10(4,5)6/h8H,1-7H3. The zero-order valence-corrected chi connectivity index (χ0v) is 10.9. The molecule has 1 aliphatic rings. The topological polar surface area (TPSA) is 25.1 Å². The first-order chi connectivity index (χ1) is 5.61. The fourth-order valence-corrected chi connectivity index (χ4v) is 6.16. The molecule has 1 fully saturated rings. The molecule has 0 aliphatic carbocycles. The van der Waals surface area contributed by atoms with Gasteiger partial charge >= 0.3 is 0 Å². The number of hydrogen-bond acceptors (Lipinski definition) is 2. The molecule has 1 saturated heterocycles. The lowest BCUT2D eigenvalue weighted by Crippen LogP contribution is -2.54. The highest BCUT2D eigenvalue weighted by atomic mass is 28.3. The molecule has 0 atom stereocenters. The van der Waals surface area contributed by atoms with Crippen LogP contribution < -0.4 is 0 Å². The third-order valence-corrected chi connectivity index (χ3v) is 11.1. The Balaban J connectivity index is 3.01. The number of hydrogen-bond donors (Lipinski definition) is 0. The maximum atomic E-state index is 5.09. The molecule has 3 heteroatoms. The minimum Gasteiger partial charge on any atom is -0.203 e. The van der Waals surface area contributed by atoms with Gasteiger partial charge in [-0.3, -0.25) is 0 Å². The van der Waals surface area contributed by atoms with Crippen LogP contribution in [0, 0.1) is 0 Å². The molecule has 0 bridgehead atoms. The van der Waals surface area contributed by atoms with Crippen molar-refractivity contribution < 1.29 is 9.78 Å². The van der Waals surface area contributed by atoms with Crippen LogP contribution in [-0.4, -0.2) is 14.0 Å². The second-order valence-electron chi connectivity index (χ2n) is 6.23. The molecule has 1 heterocycles. The maximum Gasteiger partial charge on any atom is 0.208 e. The summed E-state index contributed by atoms with van der Waals surface area (Å²) in [7, 11) is -1.56. The van der Waals surface area contributed by atoms with Gasteiger partial charge in [-0.05, 0) is 10.1 Å². The van der Waals surface area contributed by atoms with Crippen molar-refractivity contribution in [1.82, 2.24) is 0 Å². The summed E-state index contributed by atoms with van der Waals surface area (Å²) in [6.07, 6.45) is 0. The van der Waals surface area contributed by atoms with Crippen LogP contribution in [0.1, 0.15) is 41.5 Å². The quantitative estimate of drug-likeness (QED) is 0.369. The Morgan fingerprint density at radius 1 is 0.846 bits per heavy atom. The lowest BCUT2D eigenvalue weighted by atomic mass is 10.2. The molecule has 1 aliphatic heterocycles. The highest BCUT2D eigenvalue weighted by Crippen LogP contribution is 2.56. The third-order valence-electron chi connectivity index (χ3n) is 3.78. The fourth-order valence-electron chi connectivity index (χ4n) is 2.05. The van der Waals surface area contributed by atoms with Crippen LogP contribution in [0.25, 0.3) is 0 Å². The molecule has 0 aromatic heterocycles. The monoisotopic (exact) mass is 202 g/mol. The van der Waals surface area contributed by atoms with Crippen molar-refractivity contribution >= 4 is 8.07 Å². The van der Waals surface area contributed by atoms with Gasteiger partial charge in [0, 0.05) is 0 Å². The predicted octanol–water partition coefficient (Wildman–Crippen LogP) is 3.49. The van der Waals surface area contributed by atoms with E-state index >= 15 is 0 Å². The first kappa shape index (κ1) is 11.2. The summed E-state index contributed by atoms with van der Waals surface area (Å²) >= 11 is 0. The van der Waals surface area contributed by atoms with E-state index in [0.29, 0.717) is 10.1 Å². The largest absolute Gasteiger partial charge is 0.208 e. The fraction of sp³-hybridized carbons (Fsp3) is 1.00. The predicted molar refractivity (Wildman–Crippen MR) is 57.0 cm³/mol. The lowest BCUT2D eigenvalue weighted by Gasteiger charge is -2.46. The van der Waals surface area contributed by atoms with Gasteiger partial charge in [0.05, 0.1) is 0 Å². The summed E-state index contributed by atoms with van der Waals surface area (Å²) in [6, 6.07) is 0. The summed E-state index contributed by atoms with van der Waals surface area (Å²) in [6.45, 7) is 16.2. The van der Waals surface area contributed by atoms with Gasteiger partial charge in [-0.2, -0.15) is 0 Å². The Hall–Kier alpha value is 0.137. The van der Waals surface area contributed by atoms with E-state index in [1.165, 1.54) is 0 Å². The van der Waals surface area contributed by atoms with Crippen LogP contribution in [0.2, 0.25) is 16.6 Å². The van der Waals surface area contributed by atoms with Crippen molar-refractivity contribution in [2.75, 3.05) is 0 Å². The molecule has 13 heavy (non-hydrogen) atoms. The molecular formula is C10H22O2Si. The van der Waals surface area contributed by atoms with Crippen LogP contribution in [0.5, 0.6) is 0 Å². The number of rotatable bonds is 1. The van der Waals surface area contributed by atoms with Gasteiger partial charge in [-0.15, -0.1) is 0 Å². The molecular weight excluding hydrogens is 180 g/mol. The van der Waals surface area contributed by atoms with E-state index in [0.717, 1.165) is 0 Å². The first-order valence-electron chi connectivity index (χ1n) is 4.93. The van der Waals surface area contributed by atoms with Crippen molar-refractivity contribution in [2.45, 2.75) is 64.1 Å². The molecule has 0 unspecified atom stereocenters. The SMILES string of the molecule is CC(C)(C)[Si](C)(C1OO1)C(C)(C)C. The van der Waals surface area contributed by atoms with E-state index in [4.69, 9.17) is 9.78 Å². The van der Waals surface area contributed by atoms with Gasteiger partial charge in [-0.25, -0.2) is 9.78 Å². The second-order valence-corrected chi connectivity index (χ2v) is 12.1. The van der Waals surface area contributed by atoms with Gasteiger partial charge < -0.3 is 0 Å². The van der Waals surface area contributed by atoms with Gasteiger partial charge in [0.25, 0.3) is 0 Å². The average molecular weight is 202 g/mol. The molecule has 0 spiro atoms. The summed E-state index contributed by atoms with van der Waals surface area (Å²) in [5.41, 5.74) is 0. The van der Waals surface area contributed by atoms with Crippen LogP contribution >= 0.6 is 0 Å².